The predicted molar refractivity (Wildman–Crippen MR) is 103 cm³/mol. The third-order valence-electron chi connectivity index (χ3n) is 6.30. The van der Waals surface area contributed by atoms with E-state index in [0.29, 0.717) is 5.92 Å². The molecule has 4 rings (SSSR count). The molecule has 2 nitrogen and oxygen atoms in total. The molecule has 0 aromatic heterocycles. The second-order valence-electron chi connectivity index (χ2n) is 7.79. The Morgan fingerprint density at radius 1 is 0.960 bits per heavy atom. The highest BCUT2D eigenvalue weighted by Gasteiger charge is 2.28. The first-order chi connectivity index (χ1) is 12.2. The highest BCUT2D eigenvalue weighted by molar-refractivity contribution is 5.36. The second kappa shape index (κ2) is 7.31. The molecule has 0 saturated carbocycles. The van der Waals surface area contributed by atoms with Crippen LogP contribution >= 0.6 is 0 Å². The minimum Gasteiger partial charge on any atom is -0.387 e. The van der Waals surface area contributed by atoms with Crippen LogP contribution in [-0.2, 0) is 12.8 Å². The lowest BCUT2D eigenvalue weighted by Crippen LogP contribution is -2.42. The van der Waals surface area contributed by atoms with Crippen LogP contribution in [0.2, 0.25) is 0 Å². The third kappa shape index (κ3) is 3.51. The van der Waals surface area contributed by atoms with Gasteiger partial charge in [-0.2, -0.15) is 0 Å². The van der Waals surface area contributed by atoms with Gasteiger partial charge < -0.3 is 5.11 Å². The smallest absolute Gasteiger partial charge is 0.0942 e. The van der Waals surface area contributed by atoms with Crippen molar-refractivity contribution >= 4 is 0 Å². The van der Waals surface area contributed by atoms with E-state index in [0.717, 1.165) is 18.7 Å². The minimum absolute atomic E-state index is 0.177. The molecular weight excluding hydrogens is 306 g/mol. The number of rotatable bonds is 4. The number of piperidine rings is 1. The Labute approximate surface area is 151 Å². The molecule has 1 aliphatic carbocycles. The summed E-state index contributed by atoms with van der Waals surface area (Å²) in [6.45, 7) is 4.33. The molecule has 1 saturated heterocycles. The number of aryl methyl sites for hydroxylation is 2. The van der Waals surface area contributed by atoms with Crippen molar-refractivity contribution in [1.82, 2.24) is 4.90 Å². The van der Waals surface area contributed by atoms with E-state index < -0.39 is 0 Å². The highest BCUT2D eigenvalue weighted by atomic mass is 16.3. The van der Waals surface area contributed by atoms with Gasteiger partial charge in [0.05, 0.1) is 6.10 Å². The first kappa shape index (κ1) is 16.8. The molecule has 0 amide bonds. The van der Waals surface area contributed by atoms with E-state index in [2.05, 4.69) is 60.4 Å². The van der Waals surface area contributed by atoms with Gasteiger partial charge in [0.25, 0.3) is 0 Å². The number of fused-ring (bicyclic) bond motifs is 1. The van der Waals surface area contributed by atoms with E-state index >= 15 is 0 Å². The average molecular weight is 335 g/mol. The quantitative estimate of drug-likeness (QED) is 0.891. The largest absolute Gasteiger partial charge is 0.387 e. The molecule has 2 heteroatoms. The van der Waals surface area contributed by atoms with Crippen LogP contribution in [0.15, 0.2) is 48.5 Å². The summed E-state index contributed by atoms with van der Waals surface area (Å²) >= 11 is 0. The van der Waals surface area contributed by atoms with Gasteiger partial charge in [0.2, 0.25) is 0 Å². The fourth-order valence-electron chi connectivity index (χ4n) is 4.62. The van der Waals surface area contributed by atoms with Crippen molar-refractivity contribution in [3.8, 4) is 0 Å². The number of aliphatic hydroxyl groups is 1. The van der Waals surface area contributed by atoms with E-state index in [1.807, 2.05) is 0 Å². The highest BCUT2D eigenvalue weighted by Crippen LogP contribution is 2.32. The number of aliphatic hydroxyl groups excluding tert-OH is 1. The number of hydrogen-bond acceptors (Lipinski definition) is 2. The van der Waals surface area contributed by atoms with Crippen molar-refractivity contribution in [2.24, 2.45) is 0 Å². The summed E-state index contributed by atoms with van der Waals surface area (Å²) < 4.78 is 0. The van der Waals surface area contributed by atoms with Crippen molar-refractivity contribution in [2.45, 2.75) is 57.1 Å². The standard InChI is InChI=1S/C23H29NO/c1-17(23(25)22-11-10-19-8-5-9-21(19)16-22)24-14-12-20(13-15-24)18-6-3-2-4-7-18/h2-4,6-7,10-11,16-17,20,23,25H,5,8-9,12-15H2,1H3. The Balaban J connectivity index is 1.39. The molecule has 2 aliphatic rings. The molecule has 2 aromatic carbocycles. The van der Waals surface area contributed by atoms with Crippen LogP contribution in [0.5, 0.6) is 0 Å². The third-order valence-corrected chi connectivity index (χ3v) is 6.30. The first-order valence-electron chi connectivity index (χ1n) is 9.81. The van der Waals surface area contributed by atoms with Crippen molar-refractivity contribution < 1.29 is 5.11 Å². The van der Waals surface area contributed by atoms with Gasteiger partial charge in [0.15, 0.2) is 0 Å². The van der Waals surface area contributed by atoms with Gasteiger partial charge in [-0.15, -0.1) is 0 Å². The first-order valence-corrected chi connectivity index (χ1v) is 9.81. The van der Waals surface area contributed by atoms with E-state index in [-0.39, 0.29) is 12.1 Å². The Morgan fingerprint density at radius 2 is 1.68 bits per heavy atom. The minimum atomic E-state index is -0.390. The normalized spacial score (nSPS) is 21.0. The summed E-state index contributed by atoms with van der Waals surface area (Å²) in [5.41, 5.74) is 5.49. The van der Waals surface area contributed by atoms with Crippen LogP contribution in [-0.4, -0.2) is 29.1 Å². The predicted octanol–water partition coefficient (Wildman–Crippen LogP) is 4.48. The lowest BCUT2D eigenvalue weighted by atomic mass is 9.88. The number of nitrogens with zero attached hydrogens (tertiary/aromatic N) is 1. The van der Waals surface area contributed by atoms with Gasteiger partial charge in [-0.05, 0) is 80.3 Å². The Kier molecular flexibility index (Phi) is 4.91. The summed E-state index contributed by atoms with van der Waals surface area (Å²) in [6.07, 6.45) is 5.62. The molecule has 1 fully saturated rings. The van der Waals surface area contributed by atoms with Crippen LogP contribution in [0.3, 0.4) is 0 Å². The van der Waals surface area contributed by atoms with Gasteiger partial charge in [-0.3, -0.25) is 4.90 Å². The fraction of sp³-hybridized carbons (Fsp3) is 0.478. The Bertz CT molecular complexity index is 703. The van der Waals surface area contributed by atoms with Crippen molar-refractivity contribution in [1.29, 1.82) is 0 Å². The molecule has 132 valence electrons. The van der Waals surface area contributed by atoms with Crippen LogP contribution in [0, 0.1) is 0 Å². The zero-order valence-electron chi connectivity index (χ0n) is 15.2. The van der Waals surface area contributed by atoms with E-state index in [1.165, 1.54) is 48.8 Å². The summed E-state index contributed by atoms with van der Waals surface area (Å²) in [7, 11) is 0. The van der Waals surface area contributed by atoms with Crippen molar-refractivity contribution in [3.05, 3.63) is 70.8 Å². The van der Waals surface area contributed by atoms with E-state index in [1.54, 1.807) is 0 Å². The Hall–Kier alpha value is -1.64. The van der Waals surface area contributed by atoms with E-state index in [4.69, 9.17) is 0 Å². The SMILES string of the molecule is CC(C(O)c1ccc2c(c1)CCC2)N1CCC(c2ccccc2)CC1. The summed E-state index contributed by atoms with van der Waals surface area (Å²) in [5, 5.41) is 10.9. The van der Waals surface area contributed by atoms with Gasteiger partial charge in [-0.1, -0.05) is 48.5 Å². The molecule has 0 bridgehead atoms. The Morgan fingerprint density at radius 3 is 2.44 bits per heavy atom. The van der Waals surface area contributed by atoms with Crippen molar-refractivity contribution in [2.75, 3.05) is 13.1 Å². The van der Waals surface area contributed by atoms with Gasteiger partial charge in [0.1, 0.15) is 0 Å². The maximum atomic E-state index is 10.9. The van der Waals surface area contributed by atoms with Gasteiger partial charge in [-0.25, -0.2) is 0 Å². The number of benzene rings is 2. The molecule has 1 aliphatic heterocycles. The molecule has 1 heterocycles. The van der Waals surface area contributed by atoms with E-state index in [9.17, 15) is 5.11 Å². The maximum Gasteiger partial charge on any atom is 0.0942 e. The van der Waals surface area contributed by atoms with Crippen molar-refractivity contribution in [3.63, 3.8) is 0 Å². The zero-order valence-corrected chi connectivity index (χ0v) is 15.2. The molecule has 1 N–H and O–H groups in total. The van der Waals surface area contributed by atoms with Crippen LogP contribution < -0.4 is 0 Å². The lowest BCUT2D eigenvalue weighted by molar-refractivity contribution is 0.0436. The summed E-state index contributed by atoms with van der Waals surface area (Å²) in [6, 6.07) is 17.7. The van der Waals surface area contributed by atoms with Gasteiger partial charge in [0, 0.05) is 6.04 Å². The second-order valence-corrected chi connectivity index (χ2v) is 7.79. The summed E-state index contributed by atoms with van der Waals surface area (Å²) in [4.78, 5) is 2.47. The van der Waals surface area contributed by atoms with Crippen LogP contribution in [0.25, 0.3) is 0 Å². The van der Waals surface area contributed by atoms with Crippen LogP contribution in [0.1, 0.15) is 60.5 Å². The molecule has 25 heavy (non-hydrogen) atoms. The molecule has 2 atom stereocenters. The fourth-order valence-corrected chi connectivity index (χ4v) is 4.62. The number of hydrogen-bond donors (Lipinski definition) is 1. The molecule has 0 radical (unpaired) electrons. The lowest BCUT2D eigenvalue weighted by Gasteiger charge is -2.38. The summed E-state index contributed by atoms with van der Waals surface area (Å²) in [5.74, 6) is 0.668. The molecule has 0 spiro atoms. The molecular formula is C23H29NO. The van der Waals surface area contributed by atoms with Gasteiger partial charge >= 0.3 is 0 Å². The average Bonchev–Trinajstić information content (AvgIpc) is 3.15. The van der Waals surface area contributed by atoms with Crippen LogP contribution in [0.4, 0.5) is 0 Å². The molecule has 2 aromatic rings. The zero-order chi connectivity index (χ0) is 17.2. The monoisotopic (exact) mass is 335 g/mol. The maximum absolute atomic E-state index is 10.9. The topological polar surface area (TPSA) is 23.5 Å². The molecule has 2 unspecified atom stereocenters. The number of likely N-dealkylation sites (tertiary alicyclic amines) is 1.